The van der Waals surface area contributed by atoms with Crippen molar-refractivity contribution in [2.24, 2.45) is 5.92 Å². The minimum absolute atomic E-state index is 0.0661. The molecular formula is C19H27NO3. The molecule has 0 bridgehead atoms. The van der Waals surface area contributed by atoms with Crippen molar-refractivity contribution in [1.29, 1.82) is 0 Å². The van der Waals surface area contributed by atoms with Gasteiger partial charge in [-0.05, 0) is 35.8 Å². The Balaban J connectivity index is 1.95. The van der Waals surface area contributed by atoms with Crippen LogP contribution < -0.4 is 0 Å². The number of carbonyl (C=O) groups is 2. The van der Waals surface area contributed by atoms with Crippen molar-refractivity contribution in [3.8, 4) is 0 Å². The number of amides is 1. The highest BCUT2D eigenvalue weighted by Crippen LogP contribution is 2.24. The molecule has 1 aromatic rings. The van der Waals surface area contributed by atoms with E-state index < -0.39 is 11.9 Å². The normalized spacial score (nSPS) is 19.7. The second kappa shape index (κ2) is 7.62. The molecule has 1 aliphatic rings. The molecule has 0 aliphatic carbocycles. The predicted octanol–water partition coefficient (Wildman–Crippen LogP) is 3.63. The van der Waals surface area contributed by atoms with E-state index in [0.29, 0.717) is 31.8 Å². The summed E-state index contributed by atoms with van der Waals surface area (Å²) in [7, 11) is 0. The topological polar surface area (TPSA) is 57.6 Å². The summed E-state index contributed by atoms with van der Waals surface area (Å²) in [4.78, 5) is 25.3. The van der Waals surface area contributed by atoms with Gasteiger partial charge in [-0.25, -0.2) is 0 Å². The molecule has 2 atom stereocenters. The van der Waals surface area contributed by atoms with E-state index in [0.717, 1.165) is 12.0 Å². The number of nitrogens with zero attached hydrogens (tertiary/aromatic N) is 1. The number of aliphatic carboxylic acids is 1. The Labute approximate surface area is 138 Å². The lowest BCUT2D eigenvalue weighted by molar-refractivity contribution is -0.145. The van der Waals surface area contributed by atoms with Crippen molar-refractivity contribution in [1.82, 2.24) is 4.90 Å². The number of hydrogen-bond donors (Lipinski definition) is 1. The van der Waals surface area contributed by atoms with Gasteiger partial charge in [-0.15, -0.1) is 0 Å². The molecule has 0 saturated carbocycles. The maximum atomic E-state index is 12.5. The molecule has 1 N–H and O–H groups in total. The van der Waals surface area contributed by atoms with E-state index in [4.69, 9.17) is 5.11 Å². The molecule has 0 aromatic heterocycles. The summed E-state index contributed by atoms with van der Waals surface area (Å²) >= 11 is 0. The number of hydrogen-bond acceptors (Lipinski definition) is 2. The van der Waals surface area contributed by atoms with Gasteiger partial charge in [0.2, 0.25) is 5.91 Å². The van der Waals surface area contributed by atoms with Crippen molar-refractivity contribution in [2.75, 3.05) is 13.1 Å². The monoisotopic (exact) mass is 317 g/mol. The molecule has 1 heterocycles. The van der Waals surface area contributed by atoms with Gasteiger partial charge >= 0.3 is 5.97 Å². The first kappa shape index (κ1) is 17.5. The highest BCUT2D eigenvalue weighted by Gasteiger charge is 2.28. The number of likely N-dealkylation sites (tertiary alicyclic amines) is 1. The van der Waals surface area contributed by atoms with Gasteiger partial charge in [-0.2, -0.15) is 0 Å². The molecule has 0 spiro atoms. The number of benzene rings is 1. The van der Waals surface area contributed by atoms with Crippen LogP contribution in [0.1, 0.15) is 63.0 Å². The van der Waals surface area contributed by atoms with E-state index in [2.05, 4.69) is 45.0 Å². The van der Waals surface area contributed by atoms with Crippen LogP contribution in [-0.2, 0) is 9.59 Å². The summed E-state index contributed by atoms with van der Waals surface area (Å²) in [6, 6.07) is 8.46. The SMILES string of the molecule is CC(C)c1ccc(C(C)CC(=O)N2CCCC(C(=O)O)C2)cc1. The van der Waals surface area contributed by atoms with Gasteiger partial charge in [-0.3, -0.25) is 9.59 Å². The van der Waals surface area contributed by atoms with E-state index in [-0.39, 0.29) is 11.8 Å². The van der Waals surface area contributed by atoms with Gasteiger partial charge in [-0.1, -0.05) is 45.0 Å². The minimum Gasteiger partial charge on any atom is -0.481 e. The number of carbonyl (C=O) groups excluding carboxylic acids is 1. The van der Waals surface area contributed by atoms with Crippen molar-refractivity contribution in [3.05, 3.63) is 35.4 Å². The Morgan fingerprint density at radius 2 is 1.78 bits per heavy atom. The molecular weight excluding hydrogens is 290 g/mol. The smallest absolute Gasteiger partial charge is 0.308 e. The van der Waals surface area contributed by atoms with Gasteiger partial charge in [0, 0.05) is 19.5 Å². The molecule has 1 amide bonds. The Morgan fingerprint density at radius 3 is 2.35 bits per heavy atom. The van der Waals surface area contributed by atoms with Gasteiger partial charge in [0.1, 0.15) is 0 Å². The first-order chi connectivity index (χ1) is 10.9. The predicted molar refractivity (Wildman–Crippen MR) is 90.5 cm³/mol. The summed E-state index contributed by atoms with van der Waals surface area (Å²) in [5, 5.41) is 9.13. The van der Waals surface area contributed by atoms with Crippen LogP contribution in [0.5, 0.6) is 0 Å². The highest BCUT2D eigenvalue weighted by molar-refractivity contribution is 5.78. The van der Waals surface area contributed by atoms with E-state index in [1.54, 1.807) is 4.90 Å². The van der Waals surface area contributed by atoms with Crippen LogP contribution in [0.15, 0.2) is 24.3 Å². The first-order valence-electron chi connectivity index (χ1n) is 8.49. The zero-order valence-electron chi connectivity index (χ0n) is 14.3. The van der Waals surface area contributed by atoms with Crippen LogP contribution in [0.3, 0.4) is 0 Å². The van der Waals surface area contributed by atoms with Gasteiger partial charge < -0.3 is 10.0 Å². The number of carboxylic acids is 1. The van der Waals surface area contributed by atoms with Gasteiger partial charge in [0.05, 0.1) is 5.92 Å². The van der Waals surface area contributed by atoms with Crippen molar-refractivity contribution in [3.63, 3.8) is 0 Å². The Kier molecular flexibility index (Phi) is 5.80. The quantitative estimate of drug-likeness (QED) is 0.902. The number of carboxylic acid groups (broad SMARTS) is 1. The molecule has 4 nitrogen and oxygen atoms in total. The molecule has 23 heavy (non-hydrogen) atoms. The lowest BCUT2D eigenvalue weighted by Crippen LogP contribution is -2.42. The second-order valence-electron chi connectivity index (χ2n) is 6.94. The Morgan fingerprint density at radius 1 is 1.17 bits per heavy atom. The molecule has 4 heteroatoms. The maximum absolute atomic E-state index is 12.5. The lowest BCUT2D eigenvalue weighted by Gasteiger charge is -2.31. The second-order valence-corrected chi connectivity index (χ2v) is 6.94. The van der Waals surface area contributed by atoms with Gasteiger partial charge in [0.25, 0.3) is 0 Å². The van der Waals surface area contributed by atoms with Crippen LogP contribution in [-0.4, -0.2) is 35.0 Å². The largest absolute Gasteiger partial charge is 0.481 e. The third-order valence-corrected chi connectivity index (χ3v) is 4.78. The van der Waals surface area contributed by atoms with Crippen LogP contribution >= 0.6 is 0 Å². The highest BCUT2D eigenvalue weighted by atomic mass is 16.4. The van der Waals surface area contributed by atoms with E-state index in [1.807, 2.05) is 0 Å². The van der Waals surface area contributed by atoms with E-state index in [1.165, 1.54) is 5.56 Å². The molecule has 126 valence electrons. The third kappa shape index (κ3) is 4.57. The average molecular weight is 317 g/mol. The van der Waals surface area contributed by atoms with Gasteiger partial charge in [0.15, 0.2) is 0 Å². The fourth-order valence-electron chi connectivity index (χ4n) is 3.12. The standard InChI is InChI=1S/C19H27NO3/c1-13(2)15-6-8-16(9-7-15)14(3)11-18(21)20-10-4-5-17(12-20)19(22)23/h6-9,13-14,17H,4-5,10-12H2,1-3H3,(H,22,23). The molecule has 1 aliphatic heterocycles. The molecule has 1 fully saturated rings. The van der Waals surface area contributed by atoms with Crippen molar-refractivity contribution >= 4 is 11.9 Å². The summed E-state index contributed by atoms with van der Waals surface area (Å²) in [6.45, 7) is 7.42. The first-order valence-corrected chi connectivity index (χ1v) is 8.49. The molecule has 0 radical (unpaired) electrons. The number of rotatable bonds is 5. The summed E-state index contributed by atoms with van der Waals surface area (Å²) < 4.78 is 0. The van der Waals surface area contributed by atoms with Crippen LogP contribution in [0.2, 0.25) is 0 Å². The fourth-order valence-corrected chi connectivity index (χ4v) is 3.12. The summed E-state index contributed by atoms with van der Waals surface area (Å²) in [5.74, 6) is -0.485. The summed E-state index contributed by atoms with van der Waals surface area (Å²) in [5.41, 5.74) is 2.46. The van der Waals surface area contributed by atoms with Crippen molar-refractivity contribution in [2.45, 2.75) is 51.9 Å². The Bertz CT molecular complexity index is 550. The third-order valence-electron chi connectivity index (χ3n) is 4.78. The number of piperidine rings is 1. The minimum atomic E-state index is -0.792. The molecule has 2 unspecified atom stereocenters. The van der Waals surface area contributed by atoms with Crippen molar-refractivity contribution < 1.29 is 14.7 Å². The lowest BCUT2D eigenvalue weighted by atomic mass is 9.93. The molecule has 2 rings (SSSR count). The average Bonchev–Trinajstić information content (AvgIpc) is 2.54. The fraction of sp³-hybridized carbons (Fsp3) is 0.579. The van der Waals surface area contributed by atoms with Crippen LogP contribution in [0.25, 0.3) is 0 Å². The zero-order chi connectivity index (χ0) is 17.0. The maximum Gasteiger partial charge on any atom is 0.308 e. The van der Waals surface area contributed by atoms with E-state index >= 15 is 0 Å². The van der Waals surface area contributed by atoms with Crippen LogP contribution in [0.4, 0.5) is 0 Å². The molecule has 1 aromatic carbocycles. The summed E-state index contributed by atoms with van der Waals surface area (Å²) in [6.07, 6.45) is 1.89. The zero-order valence-corrected chi connectivity index (χ0v) is 14.3. The van der Waals surface area contributed by atoms with Crippen LogP contribution in [0, 0.1) is 5.92 Å². The Hall–Kier alpha value is -1.84. The van der Waals surface area contributed by atoms with E-state index in [9.17, 15) is 9.59 Å². The molecule has 1 saturated heterocycles.